The van der Waals surface area contributed by atoms with Crippen LogP contribution in [-0.4, -0.2) is 41.9 Å². The van der Waals surface area contributed by atoms with Gasteiger partial charge in [0.15, 0.2) is 0 Å². The van der Waals surface area contributed by atoms with Gasteiger partial charge >= 0.3 is 0 Å². The van der Waals surface area contributed by atoms with Crippen molar-refractivity contribution in [1.82, 2.24) is 9.88 Å². The second-order valence-corrected chi connectivity index (χ2v) is 8.12. The first-order valence-electron chi connectivity index (χ1n) is 11.1. The molecule has 1 fully saturated rings. The van der Waals surface area contributed by atoms with E-state index in [-0.39, 0.29) is 17.7 Å². The SMILES string of the molecule is COc1ccc(C(=O)Nc2ccccc2NC(=O)C2CCN(Cc3ccncc3)CC2)cc1. The number of likely N-dealkylation sites (tertiary alicyclic amines) is 1. The number of carbonyl (C=O) groups excluding carboxylic acids is 2. The minimum atomic E-state index is -0.247. The number of anilines is 2. The molecule has 2 heterocycles. The topological polar surface area (TPSA) is 83.6 Å². The number of methoxy groups -OCH3 is 1. The third-order valence-electron chi connectivity index (χ3n) is 5.90. The number of amides is 2. The highest BCUT2D eigenvalue weighted by molar-refractivity contribution is 6.07. The molecule has 0 aliphatic carbocycles. The third-order valence-corrected chi connectivity index (χ3v) is 5.90. The van der Waals surface area contributed by atoms with Gasteiger partial charge in [-0.15, -0.1) is 0 Å². The lowest BCUT2D eigenvalue weighted by atomic mass is 9.95. The monoisotopic (exact) mass is 444 g/mol. The van der Waals surface area contributed by atoms with Gasteiger partial charge in [0, 0.05) is 30.4 Å². The number of hydrogen-bond acceptors (Lipinski definition) is 5. The molecule has 7 heteroatoms. The number of nitrogens with zero attached hydrogens (tertiary/aromatic N) is 2. The molecule has 170 valence electrons. The zero-order valence-electron chi connectivity index (χ0n) is 18.7. The van der Waals surface area contributed by atoms with Crippen LogP contribution in [0.5, 0.6) is 5.75 Å². The van der Waals surface area contributed by atoms with Crippen molar-refractivity contribution in [1.29, 1.82) is 0 Å². The Morgan fingerprint density at radius 2 is 1.58 bits per heavy atom. The minimum Gasteiger partial charge on any atom is -0.497 e. The summed E-state index contributed by atoms with van der Waals surface area (Å²) in [6.45, 7) is 2.61. The molecule has 2 N–H and O–H groups in total. The predicted molar refractivity (Wildman–Crippen MR) is 128 cm³/mol. The number of piperidine rings is 1. The molecule has 2 amide bonds. The maximum atomic E-state index is 12.9. The molecule has 1 aromatic heterocycles. The first kappa shape index (κ1) is 22.5. The van der Waals surface area contributed by atoms with E-state index in [1.807, 2.05) is 24.3 Å². The summed E-state index contributed by atoms with van der Waals surface area (Å²) in [4.78, 5) is 32.0. The average molecular weight is 445 g/mol. The molecule has 2 aromatic carbocycles. The van der Waals surface area contributed by atoms with Gasteiger partial charge in [-0.2, -0.15) is 0 Å². The van der Waals surface area contributed by atoms with E-state index in [0.29, 0.717) is 22.7 Å². The standard InChI is InChI=1S/C26H28N4O3/c1-33-22-8-6-20(7-9-22)25(31)28-23-4-2-3-5-24(23)29-26(32)21-12-16-30(17-13-21)18-19-10-14-27-15-11-19/h2-11,14-15,21H,12-13,16-18H2,1H3,(H,28,31)(H,29,32). The second kappa shape index (κ2) is 10.7. The predicted octanol–water partition coefficient (Wildman–Crippen LogP) is 4.19. The number of aromatic nitrogens is 1. The quantitative estimate of drug-likeness (QED) is 0.571. The molecule has 7 nitrogen and oxygen atoms in total. The molecule has 0 bridgehead atoms. The molecule has 3 aromatic rings. The number of pyridine rings is 1. The summed E-state index contributed by atoms with van der Waals surface area (Å²) >= 11 is 0. The van der Waals surface area contributed by atoms with E-state index in [9.17, 15) is 9.59 Å². The van der Waals surface area contributed by atoms with Crippen molar-refractivity contribution < 1.29 is 14.3 Å². The molecule has 0 atom stereocenters. The first-order valence-corrected chi connectivity index (χ1v) is 11.1. The maximum Gasteiger partial charge on any atom is 0.255 e. The number of para-hydroxylation sites is 2. The summed E-state index contributed by atoms with van der Waals surface area (Å²) < 4.78 is 5.14. The van der Waals surface area contributed by atoms with Gasteiger partial charge in [0.05, 0.1) is 18.5 Å². The zero-order valence-corrected chi connectivity index (χ0v) is 18.7. The Morgan fingerprint density at radius 1 is 0.939 bits per heavy atom. The molecule has 0 spiro atoms. The van der Waals surface area contributed by atoms with Gasteiger partial charge in [-0.05, 0) is 80.0 Å². The summed E-state index contributed by atoms with van der Waals surface area (Å²) in [5.41, 5.74) is 2.92. The van der Waals surface area contributed by atoms with Crippen molar-refractivity contribution >= 4 is 23.2 Å². The molecular formula is C26H28N4O3. The van der Waals surface area contributed by atoms with Crippen LogP contribution in [0.25, 0.3) is 0 Å². The molecule has 0 saturated carbocycles. The van der Waals surface area contributed by atoms with Crippen molar-refractivity contribution in [2.75, 3.05) is 30.8 Å². The Bertz CT molecular complexity index is 1080. The fourth-order valence-electron chi connectivity index (χ4n) is 3.97. The lowest BCUT2D eigenvalue weighted by Crippen LogP contribution is -2.37. The van der Waals surface area contributed by atoms with Crippen LogP contribution >= 0.6 is 0 Å². The van der Waals surface area contributed by atoms with Crippen LogP contribution in [0, 0.1) is 5.92 Å². The van der Waals surface area contributed by atoms with Gasteiger partial charge in [-0.3, -0.25) is 19.5 Å². The van der Waals surface area contributed by atoms with Crippen molar-refractivity contribution in [2.24, 2.45) is 5.92 Å². The number of nitrogens with one attached hydrogen (secondary N) is 2. The lowest BCUT2D eigenvalue weighted by Gasteiger charge is -2.31. The van der Waals surface area contributed by atoms with Gasteiger partial charge in [0.1, 0.15) is 5.75 Å². The van der Waals surface area contributed by atoms with Crippen LogP contribution in [0.1, 0.15) is 28.8 Å². The Hall–Kier alpha value is -3.71. The Labute approximate surface area is 193 Å². The third kappa shape index (κ3) is 5.96. The van der Waals surface area contributed by atoms with Gasteiger partial charge in [0.2, 0.25) is 5.91 Å². The van der Waals surface area contributed by atoms with Crippen LogP contribution in [0.4, 0.5) is 11.4 Å². The number of rotatable bonds is 7. The fraction of sp³-hybridized carbons (Fsp3) is 0.269. The van der Waals surface area contributed by atoms with E-state index >= 15 is 0 Å². The van der Waals surface area contributed by atoms with E-state index in [2.05, 4.69) is 20.5 Å². The molecular weight excluding hydrogens is 416 g/mol. The molecule has 1 saturated heterocycles. The van der Waals surface area contributed by atoms with Crippen molar-refractivity contribution in [3.05, 3.63) is 84.2 Å². The van der Waals surface area contributed by atoms with E-state index in [0.717, 1.165) is 32.5 Å². The maximum absolute atomic E-state index is 12.9. The summed E-state index contributed by atoms with van der Waals surface area (Å²) in [6.07, 6.45) is 5.22. The molecule has 0 radical (unpaired) electrons. The Morgan fingerprint density at radius 3 is 2.21 bits per heavy atom. The molecule has 33 heavy (non-hydrogen) atoms. The van der Waals surface area contributed by atoms with E-state index in [1.165, 1.54) is 5.56 Å². The van der Waals surface area contributed by atoms with Crippen LogP contribution in [0.3, 0.4) is 0 Å². The highest BCUT2D eigenvalue weighted by Crippen LogP contribution is 2.25. The number of benzene rings is 2. The zero-order chi connectivity index (χ0) is 23.0. The van der Waals surface area contributed by atoms with Crippen LogP contribution < -0.4 is 15.4 Å². The van der Waals surface area contributed by atoms with Gasteiger partial charge in [-0.1, -0.05) is 12.1 Å². The van der Waals surface area contributed by atoms with Gasteiger partial charge in [0.25, 0.3) is 5.91 Å². The number of carbonyl (C=O) groups is 2. The van der Waals surface area contributed by atoms with Gasteiger partial charge < -0.3 is 15.4 Å². The fourth-order valence-corrected chi connectivity index (χ4v) is 3.97. The van der Waals surface area contributed by atoms with Crippen LogP contribution in [-0.2, 0) is 11.3 Å². The number of hydrogen-bond donors (Lipinski definition) is 2. The van der Waals surface area contributed by atoms with Gasteiger partial charge in [-0.25, -0.2) is 0 Å². The minimum absolute atomic E-state index is 0.00953. The van der Waals surface area contributed by atoms with Crippen molar-refractivity contribution in [3.8, 4) is 5.75 Å². The van der Waals surface area contributed by atoms with Crippen LogP contribution in [0.2, 0.25) is 0 Å². The average Bonchev–Trinajstić information content (AvgIpc) is 2.86. The lowest BCUT2D eigenvalue weighted by molar-refractivity contribution is -0.121. The largest absolute Gasteiger partial charge is 0.497 e. The summed E-state index contributed by atoms with van der Waals surface area (Å²) in [5, 5.41) is 5.92. The molecule has 4 rings (SSSR count). The van der Waals surface area contributed by atoms with E-state index in [4.69, 9.17) is 4.74 Å². The Kier molecular flexibility index (Phi) is 7.32. The normalized spacial score (nSPS) is 14.5. The van der Waals surface area contributed by atoms with Crippen molar-refractivity contribution in [3.63, 3.8) is 0 Å². The highest BCUT2D eigenvalue weighted by atomic mass is 16.5. The number of ether oxygens (including phenoxy) is 1. The summed E-state index contributed by atoms with van der Waals surface area (Å²) in [5.74, 6) is 0.378. The molecule has 0 unspecified atom stereocenters. The summed E-state index contributed by atoms with van der Waals surface area (Å²) in [7, 11) is 1.58. The Balaban J connectivity index is 1.33. The van der Waals surface area contributed by atoms with Crippen LogP contribution in [0.15, 0.2) is 73.1 Å². The second-order valence-electron chi connectivity index (χ2n) is 8.12. The van der Waals surface area contributed by atoms with E-state index < -0.39 is 0 Å². The highest BCUT2D eigenvalue weighted by Gasteiger charge is 2.25. The smallest absolute Gasteiger partial charge is 0.255 e. The van der Waals surface area contributed by atoms with Crippen molar-refractivity contribution in [2.45, 2.75) is 19.4 Å². The van der Waals surface area contributed by atoms with E-state index in [1.54, 1.807) is 55.9 Å². The molecule has 1 aliphatic rings. The molecule has 1 aliphatic heterocycles. The first-order chi connectivity index (χ1) is 16.1. The summed E-state index contributed by atoms with van der Waals surface area (Å²) in [6, 6.07) is 18.2.